The second-order valence-corrected chi connectivity index (χ2v) is 9.99. The summed E-state index contributed by atoms with van der Waals surface area (Å²) in [6.07, 6.45) is 0. The van der Waals surface area contributed by atoms with Crippen LogP contribution >= 0.6 is 11.6 Å². The lowest BCUT2D eigenvalue weighted by Gasteiger charge is -2.33. The summed E-state index contributed by atoms with van der Waals surface area (Å²) in [5.41, 5.74) is 1.97. The molecule has 0 fully saturated rings. The van der Waals surface area contributed by atoms with Crippen molar-refractivity contribution in [3.63, 3.8) is 0 Å². The Morgan fingerprint density at radius 1 is 0.929 bits per heavy atom. The van der Waals surface area contributed by atoms with Crippen molar-refractivity contribution < 1.29 is 28.3 Å². The van der Waals surface area contributed by atoms with E-state index in [0.29, 0.717) is 33.3 Å². The maximum Gasteiger partial charge on any atom is 0.299 e. The van der Waals surface area contributed by atoms with Gasteiger partial charge < -0.3 is 15.0 Å². The molecule has 0 radical (unpaired) electrons. The number of nitrogens with zero attached hydrogens (tertiary/aromatic N) is 2. The smallest absolute Gasteiger partial charge is 0.299 e. The van der Waals surface area contributed by atoms with E-state index in [1.165, 1.54) is 42.3 Å². The number of carbonyl (C=O) groups is 4. The molecular formula is C32H25ClFN3O5. The van der Waals surface area contributed by atoms with Crippen molar-refractivity contribution in [3.05, 3.63) is 125 Å². The molecular weight excluding hydrogens is 561 g/mol. The fourth-order valence-electron chi connectivity index (χ4n) is 4.74. The van der Waals surface area contributed by atoms with E-state index in [4.69, 9.17) is 16.3 Å². The molecule has 0 aromatic heterocycles. The van der Waals surface area contributed by atoms with Gasteiger partial charge in [-0.25, -0.2) is 4.39 Å². The molecule has 1 aliphatic rings. The van der Waals surface area contributed by atoms with Crippen LogP contribution in [0.25, 0.3) is 0 Å². The van der Waals surface area contributed by atoms with Crippen LogP contribution in [0.5, 0.6) is 5.75 Å². The molecule has 1 heterocycles. The lowest BCUT2D eigenvalue weighted by atomic mass is 10.0. The van der Waals surface area contributed by atoms with Crippen molar-refractivity contribution in [2.24, 2.45) is 0 Å². The Balaban J connectivity index is 1.54. The molecule has 1 atom stereocenters. The number of rotatable bonds is 9. The maximum atomic E-state index is 14.1. The predicted octanol–water partition coefficient (Wildman–Crippen LogP) is 5.43. The first-order valence-electron chi connectivity index (χ1n) is 12.9. The molecule has 4 aromatic rings. The zero-order chi connectivity index (χ0) is 29.8. The minimum Gasteiger partial charge on any atom is -0.497 e. The van der Waals surface area contributed by atoms with Gasteiger partial charge in [-0.1, -0.05) is 48.0 Å². The monoisotopic (exact) mass is 585 g/mol. The lowest BCUT2D eigenvalue weighted by Crippen LogP contribution is -2.46. The van der Waals surface area contributed by atoms with Gasteiger partial charge in [-0.2, -0.15) is 0 Å². The predicted molar refractivity (Wildman–Crippen MR) is 156 cm³/mol. The summed E-state index contributed by atoms with van der Waals surface area (Å²) in [6.45, 7) is -0.594. The number of benzene rings is 4. The summed E-state index contributed by atoms with van der Waals surface area (Å²) in [5.74, 6) is -2.56. The number of halogens is 2. The van der Waals surface area contributed by atoms with E-state index in [2.05, 4.69) is 5.32 Å². The van der Waals surface area contributed by atoms with Gasteiger partial charge in [0.25, 0.3) is 17.6 Å². The average molecular weight is 586 g/mol. The number of amides is 3. The summed E-state index contributed by atoms with van der Waals surface area (Å²) in [5, 5.41) is 3.28. The number of hydrogen-bond acceptors (Lipinski definition) is 5. The number of hydrogen-bond donors (Lipinski definition) is 1. The van der Waals surface area contributed by atoms with Crippen LogP contribution in [0.3, 0.4) is 0 Å². The number of nitrogens with one attached hydrogen (secondary N) is 1. The van der Waals surface area contributed by atoms with Crippen LogP contribution in [0.15, 0.2) is 97.1 Å². The molecule has 5 rings (SSSR count). The highest BCUT2D eigenvalue weighted by molar-refractivity contribution is 6.52. The third-order valence-electron chi connectivity index (χ3n) is 6.86. The minimum atomic E-state index is -1.19. The Kier molecular flexibility index (Phi) is 8.31. The fourth-order valence-corrected chi connectivity index (χ4v) is 4.87. The van der Waals surface area contributed by atoms with Crippen LogP contribution in [0.2, 0.25) is 5.02 Å². The molecule has 1 aliphatic heterocycles. The van der Waals surface area contributed by atoms with E-state index in [1.54, 1.807) is 66.7 Å². The highest BCUT2D eigenvalue weighted by Gasteiger charge is 2.39. The Bertz CT molecular complexity index is 1640. The quantitative estimate of drug-likeness (QED) is 0.264. The molecule has 3 amide bonds. The van der Waals surface area contributed by atoms with E-state index in [0.717, 1.165) is 4.90 Å². The normalized spacial score (nSPS) is 13.0. The molecule has 42 heavy (non-hydrogen) atoms. The van der Waals surface area contributed by atoms with Gasteiger partial charge in [-0.15, -0.1) is 0 Å². The van der Waals surface area contributed by atoms with Gasteiger partial charge in [-0.3, -0.25) is 24.1 Å². The van der Waals surface area contributed by atoms with E-state index in [9.17, 15) is 23.6 Å². The van der Waals surface area contributed by atoms with Gasteiger partial charge in [0.1, 0.15) is 24.2 Å². The van der Waals surface area contributed by atoms with Crippen LogP contribution in [0.4, 0.5) is 15.8 Å². The van der Waals surface area contributed by atoms with Crippen molar-refractivity contribution in [1.82, 2.24) is 4.90 Å². The standard InChI is InChI=1S/C32H25ClFN3O5/c1-42-25-16-14-24(15-17-25)35-31(40)29(21-8-10-22(33)11-9-21)37(18-20-6-12-23(34)13-7-20)28(38)19-36-27-5-3-2-4-26(27)30(39)32(36)41/h2-17,29H,18-19H2,1H3,(H,35,40). The van der Waals surface area contributed by atoms with Crippen molar-refractivity contribution in [3.8, 4) is 5.75 Å². The first kappa shape index (κ1) is 28.5. The number of methoxy groups -OCH3 is 1. The van der Waals surface area contributed by atoms with Crippen molar-refractivity contribution in [1.29, 1.82) is 0 Å². The van der Waals surface area contributed by atoms with E-state index >= 15 is 0 Å². The topological polar surface area (TPSA) is 96.0 Å². The minimum absolute atomic E-state index is 0.0972. The number of anilines is 2. The molecule has 0 saturated heterocycles. The van der Waals surface area contributed by atoms with Crippen LogP contribution in [0.1, 0.15) is 27.5 Å². The summed E-state index contributed by atoms with van der Waals surface area (Å²) in [7, 11) is 1.53. The molecule has 0 bridgehead atoms. The van der Waals surface area contributed by atoms with Crippen LogP contribution in [-0.4, -0.2) is 42.1 Å². The van der Waals surface area contributed by atoms with Gasteiger partial charge in [0.05, 0.1) is 18.4 Å². The summed E-state index contributed by atoms with van der Waals surface area (Å²) in [6, 6.07) is 23.9. The first-order valence-corrected chi connectivity index (χ1v) is 13.3. The second-order valence-electron chi connectivity index (χ2n) is 9.56. The van der Waals surface area contributed by atoms with Crippen LogP contribution in [0, 0.1) is 5.82 Å². The molecule has 0 spiro atoms. The zero-order valence-electron chi connectivity index (χ0n) is 22.4. The van der Waals surface area contributed by atoms with E-state index in [-0.39, 0.29) is 12.1 Å². The Hall–Kier alpha value is -5.02. The first-order chi connectivity index (χ1) is 20.2. The van der Waals surface area contributed by atoms with Gasteiger partial charge >= 0.3 is 0 Å². The fraction of sp³-hybridized carbons (Fsp3) is 0.125. The Morgan fingerprint density at radius 3 is 2.26 bits per heavy atom. The van der Waals surface area contributed by atoms with Gasteiger partial charge in [0, 0.05) is 17.3 Å². The van der Waals surface area contributed by atoms with Gasteiger partial charge in [0.2, 0.25) is 5.91 Å². The Labute approximate surface area is 246 Å². The summed E-state index contributed by atoms with van der Waals surface area (Å²) in [4.78, 5) is 55.9. The third-order valence-corrected chi connectivity index (χ3v) is 7.11. The second kappa shape index (κ2) is 12.2. The summed E-state index contributed by atoms with van der Waals surface area (Å²) < 4.78 is 18.9. The van der Waals surface area contributed by atoms with E-state index < -0.39 is 41.9 Å². The number of Topliss-reactive ketones (excluding diaryl/α,β-unsaturated/α-hetero) is 1. The van der Waals surface area contributed by atoms with Crippen molar-refractivity contribution in [2.45, 2.75) is 12.6 Å². The highest BCUT2D eigenvalue weighted by Crippen LogP contribution is 2.31. The van der Waals surface area contributed by atoms with Crippen molar-refractivity contribution >= 4 is 46.5 Å². The number of fused-ring (bicyclic) bond motifs is 1. The summed E-state index contributed by atoms with van der Waals surface area (Å²) >= 11 is 6.13. The highest BCUT2D eigenvalue weighted by atomic mass is 35.5. The molecule has 10 heteroatoms. The van der Waals surface area contributed by atoms with Gasteiger partial charge in [0.15, 0.2) is 0 Å². The van der Waals surface area contributed by atoms with Crippen LogP contribution < -0.4 is 15.0 Å². The molecule has 8 nitrogen and oxygen atoms in total. The third kappa shape index (κ3) is 6.01. The Morgan fingerprint density at radius 2 is 1.60 bits per heavy atom. The van der Waals surface area contributed by atoms with Crippen LogP contribution in [-0.2, 0) is 20.9 Å². The zero-order valence-corrected chi connectivity index (χ0v) is 23.2. The van der Waals surface area contributed by atoms with Gasteiger partial charge in [-0.05, 0) is 71.8 Å². The van der Waals surface area contributed by atoms with E-state index in [1.807, 2.05) is 0 Å². The number of carbonyl (C=O) groups excluding carboxylic acids is 4. The van der Waals surface area contributed by atoms with Crippen molar-refractivity contribution in [2.75, 3.05) is 23.9 Å². The molecule has 1 unspecified atom stereocenters. The molecule has 4 aromatic carbocycles. The SMILES string of the molecule is COc1ccc(NC(=O)C(c2ccc(Cl)cc2)N(Cc2ccc(F)cc2)C(=O)CN2C(=O)C(=O)c3ccccc32)cc1. The average Bonchev–Trinajstić information content (AvgIpc) is 3.24. The molecule has 1 N–H and O–H groups in total. The molecule has 0 saturated carbocycles. The largest absolute Gasteiger partial charge is 0.497 e. The lowest BCUT2D eigenvalue weighted by molar-refractivity contribution is -0.139. The molecule has 212 valence electrons. The maximum absolute atomic E-state index is 14.1. The number of ether oxygens (including phenoxy) is 1. The number of para-hydroxylation sites is 1. The number of ketones is 1. The molecule has 0 aliphatic carbocycles.